The molecule has 0 spiro atoms. The number of hydrogen-bond donors (Lipinski definition) is 1. The Bertz CT molecular complexity index is 498. The molecule has 0 radical (unpaired) electrons. The van der Waals surface area contributed by atoms with Crippen molar-refractivity contribution in [2.45, 2.75) is 26.4 Å². The highest BCUT2D eigenvalue weighted by Gasteiger charge is 2.06. The lowest BCUT2D eigenvalue weighted by Crippen LogP contribution is -2.06. The first-order valence-electron chi connectivity index (χ1n) is 5.58. The molecule has 2 aromatic heterocycles. The molecule has 2 heterocycles. The molecule has 2 aromatic rings. The Morgan fingerprint density at radius 3 is 2.83 bits per heavy atom. The second-order valence-electron chi connectivity index (χ2n) is 4.11. The lowest BCUT2D eigenvalue weighted by atomic mass is 10.3. The van der Waals surface area contributed by atoms with Crippen molar-refractivity contribution in [3.8, 4) is 0 Å². The lowest BCUT2D eigenvalue weighted by Gasteiger charge is -2.00. The van der Waals surface area contributed by atoms with Crippen LogP contribution in [0, 0.1) is 6.92 Å². The van der Waals surface area contributed by atoms with Crippen molar-refractivity contribution in [3.63, 3.8) is 0 Å². The average molecular weight is 255 g/mol. The molecule has 0 aliphatic rings. The third-order valence-corrected chi connectivity index (χ3v) is 2.60. The van der Waals surface area contributed by atoms with Crippen LogP contribution in [0.2, 0.25) is 0 Å². The third kappa shape index (κ3) is 3.06. The molecule has 7 heteroatoms. The Kier molecular flexibility index (Phi) is 3.59. The molecular formula is C11H15F2N5. The molecule has 1 N–H and O–H groups in total. The summed E-state index contributed by atoms with van der Waals surface area (Å²) in [7, 11) is 1.86. The molecule has 0 amide bonds. The molecular weight excluding hydrogens is 240 g/mol. The van der Waals surface area contributed by atoms with Gasteiger partial charge in [0.2, 0.25) is 0 Å². The second-order valence-corrected chi connectivity index (χ2v) is 4.11. The van der Waals surface area contributed by atoms with Gasteiger partial charge in [-0.1, -0.05) is 0 Å². The van der Waals surface area contributed by atoms with Gasteiger partial charge >= 0.3 is 0 Å². The predicted octanol–water partition coefficient (Wildman–Crippen LogP) is 1.80. The topological polar surface area (TPSA) is 47.7 Å². The van der Waals surface area contributed by atoms with Gasteiger partial charge in [0, 0.05) is 37.1 Å². The predicted molar refractivity (Wildman–Crippen MR) is 63.5 cm³/mol. The van der Waals surface area contributed by atoms with E-state index in [4.69, 9.17) is 0 Å². The molecule has 5 nitrogen and oxygen atoms in total. The summed E-state index contributed by atoms with van der Waals surface area (Å²) < 4.78 is 27.3. The minimum absolute atomic E-state index is 0.372. The Labute approximate surface area is 103 Å². The maximum atomic E-state index is 12.1. The first-order valence-corrected chi connectivity index (χ1v) is 5.58. The number of alkyl halides is 2. The van der Waals surface area contributed by atoms with Crippen molar-refractivity contribution in [1.82, 2.24) is 19.6 Å². The van der Waals surface area contributed by atoms with Gasteiger partial charge in [-0.2, -0.15) is 10.2 Å². The van der Waals surface area contributed by atoms with Gasteiger partial charge in [0.25, 0.3) is 6.43 Å². The summed E-state index contributed by atoms with van der Waals surface area (Å²) in [5.41, 5.74) is 1.89. The van der Waals surface area contributed by atoms with Crippen LogP contribution in [0.1, 0.15) is 11.3 Å². The van der Waals surface area contributed by atoms with E-state index >= 15 is 0 Å². The van der Waals surface area contributed by atoms with Gasteiger partial charge in [0.05, 0.1) is 6.20 Å². The van der Waals surface area contributed by atoms with Crippen LogP contribution >= 0.6 is 0 Å². The number of rotatable bonds is 5. The molecule has 2 rings (SSSR count). The number of anilines is 1. The Hall–Kier alpha value is -1.92. The van der Waals surface area contributed by atoms with E-state index in [2.05, 4.69) is 15.5 Å². The summed E-state index contributed by atoms with van der Waals surface area (Å²) in [5.74, 6) is 0.761. The maximum absolute atomic E-state index is 12.1. The van der Waals surface area contributed by atoms with Crippen LogP contribution in [0.5, 0.6) is 0 Å². The van der Waals surface area contributed by atoms with Crippen molar-refractivity contribution in [2.24, 2.45) is 7.05 Å². The fourth-order valence-corrected chi connectivity index (χ4v) is 1.58. The summed E-state index contributed by atoms with van der Waals surface area (Å²) in [5, 5.41) is 11.2. The number of aromatic nitrogens is 4. The van der Waals surface area contributed by atoms with E-state index in [1.165, 1.54) is 4.68 Å². The first kappa shape index (κ1) is 12.5. The summed E-state index contributed by atoms with van der Waals surface area (Å²) in [6.07, 6.45) is 0.796. The van der Waals surface area contributed by atoms with E-state index in [1.807, 2.05) is 20.0 Å². The van der Waals surface area contributed by atoms with Crippen LogP contribution in [0.15, 0.2) is 18.5 Å². The molecule has 0 aliphatic carbocycles. The number of halogens is 2. The van der Waals surface area contributed by atoms with E-state index in [1.54, 1.807) is 17.1 Å². The highest BCUT2D eigenvalue weighted by atomic mass is 19.3. The zero-order valence-corrected chi connectivity index (χ0v) is 10.3. The van der Waals surface area contributed by atoms with E-state index in [9.17, 15) is 8.78 Å². The molecule has 0 aromatic carbocycles. The fraction of sp³-hybridized carbons (Fsp3) is 0.455. The highest BCUT2D eigenvalue weighted by Crippen LogP contribution is 2.09. The van der Waals surface area contributed by atoms with Crippen LogP contribution < -0.4 is 5.32 Å². The first-order chi connectivity index (χ1) is 8.54. The maximum Gasteiger partial charge on any atom is 0.257 e. The molecule has 98 valence electrons. The molecule has 0 unspecified atom stereocenters. The highest BCUT2D eigenvalue weighted by molar-refractivity contribution is 5.36. The number of nitrogens with zero attached hydrogens (tertiary/aromatic N) is 4. The van der Waals surface area contributed by atoms with E-state index in [-0.39, 0.29) is 6.54 Å². The van der Waals surface area contributed by atoms with Crippen molar-refractivity contribution in [1.29, 1.82) is 0 Å². The van der Waals surface area contributed by atoms with Crippen molar-refractivity contribution < 1.29 is 8.78 Å². The van der Waals surface area contributed by atoms with Crippen molar-refractivity contribution in [2.75, 3.05) is 5.32 Å². The van der Waals surface area contributed by atoms with Gasteiger partial charge in [0.1, 0.15) is 12.4 Å². The van der Waals surface area contributed by atoms with Crippen LogP contribution in [0.4, 0.5) is 14.6 Å². The third-order valence-electron chi connectivity index (χ3n) is 2.60. The summed E-state index contributed by atoms with van der Waals surface area (Å²) in [4.78, 5) is 0. The largest absolute Gasteiger partial charge is 0.364 e. The summed E-state index contributed by atoms with van der Waals surface area (Å²) in [6, 6.07) is 1.92. The van der Waals surface area contributed by atoms with Crippen LogP contribution in [0.3, 0.4) is 0 Å². The Morgan fingerprint density at radius 1 is 1.44 bits per heavy atom. The standard InChI is InChI=1S/C11H15F2N5/c1-8-3-11(16-17(8)2)14-4-9-5-15-18(6-9)7-10(12)13/h3,5-6,10H,4,7H2,1-2H3,(H,14,16). The smallest absolute Gasteiger partial charge is 0.257 e. The average Bonchev–Trinajstić information content (AvgIpc) is 2.84. The number of hydrogen-bond acceptors (Lipinski definition) is 3. The molecule has 0 atom stereocenters. The normalized spacial score (nSPS) is 11.2. The molecule has 0 fully saturated rings. The molecule has 18 heavy (non-hydrogen) atoms. The molecule has 0 bridgehead atoms. The van der Waals surface area contributed by atoms with Gasteiger partial charge in [-0.05, 0) is 6.92 Å². The molecule has 0 aliphatic heterocycles. The lowest BCUT2D eigenvalue weighted by molar-refractivity contribution is 0.122. The zero-order valence-electron chi connectivity index (χ0n) is 10.3. The second kappa shape index (κ2) is 5.16. The zero-order chi connectivity index (χ0) is 13.1. The van der Waals surface area contributed by atoms with Crippen molar-refractivity contribution in [3.05, 3.63) is 29.7 Å². The van der Waals surface area contributed by atoms with Crippen molar-refractivity contribution >= 4 is 5.82 Å². The van der Waals surface area contributed by atoms with E-state index < -0.39 is 6.43 Å². The quantitative estimate of drug-likeness (QED) is 0.886. The van der Waals surface area contributed by atoms with E-state index in [0.717, 1.165) is 17.1 Å². The minimum atomic E-state index is -2.39. The van der Waals surface area contributed by atoms with Gasteiger partial charge in [-0.15, -0.1) is 0 Å². The summed E-state index contributed by atoms with van der Waals surface area (Å²) in [6.45, 7) is 2.10. The van der Waals surface area contributed by atoms with Crippen LogP contribution in [-0.2, 0) is 20.1 Å². The van der Waals surface area contributed by atoms with Crippen LogP contribution in [-0.4, -0.2) is 26.0 Å². The minimum Gasteiger partial charge on any atom is -0.364 e. The van der Waals surface area contributed by atoms with Gasteiger partial charge < -0.3 is 5.32 Å². The van der Waals surface area contributed by atoms with Gasteiger partial charge in [-0.3, -0.25) is 9.36 Å². The summed E-state index contributed by atoms with van der Waals surface area (Å²) >= 11 is 0. The molecule has 0 saturated heterocycles. The van der Waals surface area contributed by atoms with Gasteiger partial charge in [-0.25, -0.2) is 8.78 Å². The molecule has 0 saturated carbocycles. The Morgan fingerprint density at radius 2 is 2.22 bits per heavy atom. The van der Waals surface area contributed by atoms with E-state index in [0.29, 0.717) is 6.54 Å². The SMILES string of the molecule is Cc1cc(NCc2cnn(CC(F)F)c2)nn1C. The fourth-order valence-electron chi connectivity index (χ4n) is 1.58. The monoisotopic (exact) mass is 255 g/mol. The number of aryl methyl sites for hydroxylation is 2. The van der Waals surface area contributed by atoms with Gasteiger partial charge in [0.15, 0.2) is 0 Å². The number of nitrogens with one attached hydrogen (secondary N) is 1. The van der Waals surface area contributed by atoms with Crippen LogP contribution in [0.25, 0.3) is 0 Å². The Balaban J connectivity index is 1.92.